The summed E-state index contributed by atoms with van der Waals surface area (Å²) in [6, 6.07) is 4.31. The summed E-state index contributed by atoms with van der Waals surface area (Å²) in [6.45, 7) is 3.45. The van der Waals surface area contributed by atoms with E-state index in [1.807, 2.05) is 0 Å². The third-order valence-electron chi connectivity index (χ3n) is 2.93. The maximum atomic E-state index is 12.1. The molecule has 7 nitrogen and oxygen atoms in total. The number of benzene rings is 1. The molecule has 0 aliphatic heterocycles. The summed E-state index contributed by atoms with van der Waals surface area (Å²) in [5.41, 5.74) is 2.28. The Kier molecular flexibility index (Phi) is 3.51. The van der Waals surface area contributed by atoms with Crippen LogP contribution in [0.3, 0.4) is 0 Å². The largest absolute Gasteiger partial charge is 0.322 e. The predicted molar refractivity (Wildman–Crippen MR) is 73.7 cm³/mol. The number of aromatic nitrogens is 2. The van der Waals surface area contributed by atoms with Crippen molar-refractivity contribution >= 4 is 17.3 Å². The number of nitro groups is 1. The summed E-state index contributed by atoms with van der Waals surface area (Å²) >= 11 is 0. The third kappa shape index (κ3) is 2.66. The predicted octanol–water partition coefficient (Wildman–Crippen LogP) is 2.20. The molecule has 0 saturated carbocycles. The Labute approximate surface area is 115 Å². The Morgan fingerprint density at radius 3 is 2.60 bits per heavy atom. The monoisotopic (exact) mass is 274 g/mol. The van der Waals surface area contributed by atoms with Crippen molar-refractivity contribution in [3.8, 4) is 0 Å². The van der Waals surface area contributed by atoms with Gasteiger partial charge in [0.1, 0.15) is 0 Å². The van der Waals surface area contributed by atoms with Gasteiger partial charge in [0.2, 0.25) is 0 Å². The van der Waals surface area contributed by atoms with E-state index in [-0.39, 0.29) is 11.6 Å². The van der Waals surface area contributed by atoms with Gasteiger partial charge >= 0.3 is 0 Å². The highest BCUT2D eigenvalue weighted by molar-refractivity contribution is 6.05. The summed E-state index contributed by atoms with van der Waals surface area (Å²) < 4.78 is 1.56. The van der Waals surface area contributed by atoms with Gasteiger partial charge in [0.15, 0.2) is 0 Å². The van der Waals surface area contributed by atoms with Crippen LogP contribution in [0, 0.1) is 24.0 Å². The number of carbonyl (C=O) groups excluding carboxylic acids is 1. The van der Waals surface area contributed by atoms with Crippen LogP contribution in [0.15, 0.2) is 24.4 Å². The lowest BCUT2D eigenvalue weighted by Crippen LogP contribution is -2.13. The number of amides is 1. The van der Waals surface area contributed by atoms with E-state index >= 15 is 0 Å². The lowest BCUT2D eigenvalue weighted by atomic mass is 10.1. The molecule has 0 spiro atoms. The highest BCUT2D eigenvalue weighted by atomic mass is 16.6. The minimum absolute atomic E-state index is 0.00180. The van der Waals surface area contributed by atoms with Crippen LogP contribution in [0.2, 0.25) is 0 Å². The molecule has 0 aliphatic carbocycles. The molecule has 1 amide bonds. The molecule has 0 fully saturated rings. The Morgan fingerprint density at radius 2 is 2.10 bits per heavy atom. The molecule has 0 atom stereocenters. The number of nitrogens with one attached hydrogen (secondary N) is 1. The normalized spacial score (nSPS) is 10.3. The molecule has 1 heterocycles. The molecule has 0 saturated heterocycles. The SMILES string of the molecule is Cc1cc([N+](=O)[O-])ccc1NC(=O)c1cn(C)nc1C. The number of nitrogens with zero attached hydrogens (tertiary/aromatic N) is 3. The summed E-state index contributed by atoms with van der Waals surface area (Å²) in [4.78, 5) is 22.3. The van der Waals surface area contributed by atoms with Gasteiger partial charge in [-0.15, -0.1) is 0 Å². The topological polar surface area (TPSA) is 90.1 Å². The summed E-state index contributed by atoms with van der Waals surface area (Å²) in [7, 11) is 1.74. The minimum atomic E-state index is -0.468. The van der Waals surface area contributed by atoms with Crippen LogP contribution in [0.4, 0.5) is 11.4 Å². The molecule has 20 heavy (non-hydrogen) atoms. The molecule has 0 radical (unpaired) electrons. The van der Waals surface area contributed by atoms with E-state index in [9.17, 15) is 14.9 Å². The Hall–Kier alpha value is -2.70. The van der Waals surface area contributed by atoms with Crippen LogP contribution in [0.1, 0.15) is 21.6 Å². The van der Waals surface area contributed by atoms with E-state index in [2.05, 4.69) is 10.4 Å². The number of non-ortho nitro benzene ring substituents is 1. The van der Waals surface area contributed by atoms with Crippen molar-refractivity contribution in [3.63, 3.8) is 0 Å². The van der Waals surface area contributed by atoms with Crippen LogP contribution < -0.4 is 5.32 Å². The molecule has 2 rings (SSSR count). The number of rotatable bonds is 3. The number of carbonyl (C=O) groups is 1. The second-order valence-corrected chi connectivity index (χ2v) is 4.51. The Bertz CT molecular complexity index is 691. The first kappa shape index (κ1) is 13.7. The lowest BCUT2D eigenvalue weighted by molar-refractivity contribution is -0.384. The minimum Gasteiger partial charge on any atom is -0.322 e. The fourth-order valence-corrected chi connectivity index (χ4v) is 1.91. The van der Waals surface area contributed by atoms with E-state index in [1.54, 1.807) is 31.8 Å². The van der Waals surface area contributed by atoms with Crippen LogP contribution in [-0.2, 0) is 7.05 Å². The average molecular weight is 274 g/mol. The standard InChI is InChI=1S/C13H14N4O3/c1-8-6-10(17(19)20)4-5-12(8)14-13(18)11-7-16(3)15-9(11)2/h4-7H,1-3H3,(H,14,18). The number of aryl methyl sites for hydroxylation is 3. The van der Waals surface area contributed by atoms with Gasteiger partial charge in [0.05, 0.1) is 16.2 Å². The van der Waals surface area contributed by atoms with Crippen molar-refractivity contribution < 1.29 is 9.72 Å². The highest BCUT2D eigenvalue weighted by Crippen LogP contribution is 2.22. The summed E-state index contributed by atoms with van der Waals surface area (Å²) in [6.07, 6.45) is 1.63. The molecule has 1 aromatic heterocycles. The number of hydrogen-bond donors (Lipinski definition) is 1. The van der Waals surface area contributed by atoms with Crippen molar-refractivity contribution in [3.05, 3.63) is 51.3 Å². The first-order valence-corrected chi connectivity index (χ1v) is 5.95. The second kappa shape index (κ2) is 5.12. The van der Waals surface area contributed by atoms with Crippen molar-refractivity contribution in [1.29, 1.82) is 0 Å². The van der Waals surface area contributed by atoms with Gasteiger partial charge in [0, 0.05) is 31.1 Å². The smallest absolute Gasteiger partial charge is 0.269 e. The van der Waals surface area contributed by atoms with E-state index < -0.39 is 4.92 Å². The molecule has 0 aliphatic rings. The van der Waals surface area contributed by atoms with E-state index in [1.165, 1.54) is 18.2 Å². The quantitative estimate of drug-likeness (QED) is 0.686. The first-order valence-electron chi connectivity index (χ1n) is 5.95. The van der Waals surface area contributed by atoms with Crippen LogP contribution in [0.5, 0.6) is 0 Å². The zero-order valence-corrected chi connectivity index (χ0v) is 11.4. The van der Waals surface area contributed by atoms with Crippen molar-refractivity contribution in [2.75, 3.05) is 5.32 Å². The third-order valence-corrected chi connectivity index (χ3v) is 2.93. The number of hydrogen-bond acceptors (Lipinski definition) is 4. The van der Waals surface area contributed by atoms with Crippen LogP contribution in [0.25, 0.3) is 0 Å². The van der Waals surface area contributed by atoms with E-state index in [0.717, 1.165) is 0 Å². The molecule has 1 aromatic carbocycles. The van der Waals surface area contributed by atoms with Gasteiger partial charge < -0.3 is 5.32 Å². The molecule has 7 heteroatoms. The number of anilines is 1. The Morgan fingerprint density at radius 1 is 1.40 bits per heavy atom. The second-order valence-electron chi connectivity index (χ2n) is 4.51. The van der Waals surface area contributed by atoms with Crippen molar-refractivity contribution in [2.45, 2.75) is 13.8 Å². The van der Waals surface area contributed by atoms with Crippen LogP contribution >= 0.6 is 0 Å². The number of nitro benzene ring substituents is 1. The molecule has 2 aromatic rings. The highest BCUT2D eigenvalue weighted by Gasteiger charge is 2.15. The van der Waals surface area contributed by atoms with Gasteiger partial charge in [-0.25, -0.2) is 0 Å². The Balaban J connectivity index is 2.24. The molecular weight excluding hydrogens is 260 g/mol. The maximum Gasteiger partial charge on any atom is 0.269 e. The fraction of sp³-hybridized carbons (Fsp3) is 0.231. The maximum absolute atomic E-state index is 12.1. The summed E-state index contributed by atoms with van der Waals surface area (Å²) in [5.74, 6) is -0.285. The zero-order chi connectivity index (χ0) is 14.9. The molecule has 0 bridgehead atoms. The average Bonchev–Trinajstić information content (AvgIpc) is 2.70. The van der Waals surface area contributed by atoms with Crippen molar-refractivity contribution in [2.24, 2.45) is 7.05 Å². The fourth-order valence-electron chi connectivity index (χ4n) is 1.91. The van der Waals surface area contributed by atoms with Crippen molar-refractivity contribution in [1.82, 2.24) is 9.78 Å². The van der Waals surface area contributed by atoms with Gasteiger partial charge in [-0.1, -0.05) is 0 Å². The van der Waals surface area contributed by atoms with Gasteiger partial charge in [-0.2, -0.15) is 5.10 Å². The van der Waals surface area contributed by atoms with Gasteiger partial charge in [-0.05, 0) is 25.5 Å². The van der Waals surface area contributed by atoms with Gasteiger partial charge in [0.25, 0.3) is 11.6 Å². The zero-order valence-electron chi connectivity index (χ0n) is 11.4. The van der Waals surface area contributed by atoms with Crippen LogP contribution in [-0.4, -0.2) is 20.6 Å². The van der Waals surface area contributed by atoms with E-state index in [4.69, 9.17) is 0 Å². The summed E-state index contributed by atoms with van der Waals surface area (Å²) in [5, 5.41) is 17.5. The molecule has 1 N–H and O–H groups in total. The van der Waals surface area contributed by atoms with Gasteiger partial charge in [-0.3, -0.25) is 19.6 Å². The molecule has 0 unspecified atom stereocenters. The molecule has 104 valence electrons. The lowest BCUT2D eigenvalue weighted by Gasteiger charge is -2.07. The van der Waals surface area contributed by atoms with E-state index in [0.29, 0.717) is 22.5 Å². The molecular formula is C13H14N4O3. The first-order chi connectivity index (χ1) is 9.38.